The van der Waals surface area contributed by atoms with Crippen LogP contribution in [-0.2, 0) is 6.42 Å². The van der Waals surface area contributed by atoms with Crippen molar-refractivity contribution >= 4 is 5.65 Å². The van der Waals surface area contributed by atoms with Crippen molar-refractivity contribution in [3.63, 3.8) is 0 Å². The van der Waals surface area contributed by atoms with Gasteiger partial charge in [0.1, 0.15) is 24.1 Å². The number of β-amino-alcohol motifs (C(OH)–C–C–N with tert-alkyl or cyclic N) is 1. The Kier molecular flexibility index (Phi) is 7.42. The van der Waals surface area contributed by atoms with Gasteiger partial charge < -0.3 is 19.1 Å². The maximum atomic E-state index is 10.5. The Labute approximate surface area is 207 Å². The highest BCUT2D eigenvalue weighted by Crippen LogP contribution is 2.23. The zero-order valence-corrected chi connectivity index (χ0v) is 20.4. The fourth-order valence-electron chi connectivity index (χ4n) is 4.69. The summed E-state index contributed by atoms with van der Waals surface area (Å²) in [6.07, 6.45) is 4.64. The Hall–Kier alpha value is -3.19. The van der Waals surface area contributed by atoms with Gasteiger partial charge in [0.05, 0.1) is 5.69 Å². The highest BCUT2D eigenvalue weighted by atomic mass is 16.5. The first kappa shape index (κ1) is 23.5. The van der Waals surface area contributed by atoms with Gasteiger partial charge in [-0.3, -0.25) is 4.90 Å². The van der Waals surface area contributed by atoms with Gasteiger partial charge in [-0.2, -0.15) is 0 Å². The van der Waals surface area contributed by atoms with Crippen molar-refractivity contribution in [3.8, 4) is 17.0 Å². The molecule has 35 heavy (non-hydrogen) atoms. The molecule has 1 atom stereocenters. The molecule has 6 nitrogen and oxygen atoms in total. The number of piperazine rings is 1. The summed E-state index contributed by atoms with van der Waals surface area (Å²) in [4.78, 5) is 9.60. The predicted molar refractivity (Wildman–Crippen MR) is 140 cm³/mol. The van der Waals surface area contributed by atoms with Crippen LogP contribution in [-0.4, -0.2) is 76.3 Å². The topological polar surface area (TPSA) is 53.2 Å². The van der Waals surface area contributed by atoms with Crippen LogP contribution in [0.3, 0.4) is 0 Å². The van der Waals surface area contributed by atoms with Gasteiger partial charge in [-0.15, -0.1) is 0 Å². The minimum Gasteiger partial charge on any atom is -0.491 e. The number of aliphatic hydroxyl groups is 1. The fourth-order valence-corrected chi connectivity index (χ4v) is 4.69. The van der Waals surface area contributed by atoms with E-state index in [2.05, 4.69) is 57.5 Å². The van der Waals surface area contributed by atoms with E-state index in [1.54, 1.807) is 0 Å². The molecule has 2 aromatic heterocycles. The highest BCUT2D eigenvalue weighted by molar-refractivity contribution is 5.64. The zero-order chi connectivity index (χ0) is 24.0. The first-order valence-corrected chi connectivity index (χ1v) is 12.5. The van der Waals surface area contributed by atoms with E-state index in [1.165, 1.54) is 5.56 Å². The largest absolute Gasteiger partial charge is 0.491 e. The molecule has 5 rings (SSSR count). The van der Waals surface area contributed by atoms with Crippen LogP contribution in [0.2, 0.25) is 0 Å². The predicted octanol–water partition coefficient (Wildman–Crippen LogP) is 3.91. The molecule has 0 saturated carbocycles. The molecule has 3 heterocycles. The molecule has 1 N–H and O–H groups in total. The van der Waals surface area contributed by atoms with Gasteiger partial charge in [-0.1, -0.05) is 36.4 Å². The number of fused-ring (bicyclic) bond motifs is 1. The van der Waals surface area contributed by atoms with Gasteiger partial charge in [-0.05, 0) is 54.8 Å². The van der Waals surface area contributed by atoms with Crippen molar-refractivity contribution in [2.45, 2.75) is 19.4 Å². The molecule has 182 valence electrons. The molecule has 0 radical (unpaired) electrons. The molecule has 4 aromatic rings. The molecular formula is C29H34N4O2. The maximum Gasteiger partial charge on any atom is 0.140 e. The number of aliphatic hydroxyl groups excluding tert-OH is 1. The number of aromatic nitrogens is 2. The van der Waals surface area contributed by atoms with Crippen LogP contribution in [0, 0.1) is 6.92 Å². The average molecular weight is 471 g/mol. The number of nitrogens with zero attached hydrogens (tertiary/aromatic N) is 4. The van der Waals surface area contributed by atoms with Gasteiger partial charge in [0.15, 0.2) is 0 Å². The third-order valence-corrected chi connectivity index (χ3v) is 6.76. The molecule has 1 fully saturated rings. The molecule has 2 aromatic carbocycles. The first-order chi connectivity index (χ1) is 17.1. The fraction of sp³-hybridized carbons (Fsp3) is 0.345. The summed E-state index contributed by atoms with van der Waals surface area (Å²) in [5.74, 6) is 0.762. The second-order valence-electron chi connectivity index (χ2n) is 9.42. The number of rotatable bonds is 9. The highest BCUT2D eigenvalue weighted by Gasteiger charge is 2.19. The second-order valence-corrected chi connectivity index (χ2v) is 9.42. The lowest BCUT2D eigenvalue weighted by molar-refractivity contribution is 0.0463. The van der Waals surface area contributed by atoms with Crippen LogP contribution in [0.25, 0.3) is 16.9 Å². The van der Waals surface area contributed by atoms with E-state index in [1.807, 2.05) is 42.7 Å². The van der Waals surface area contributed by atoms with Gasteiger partial charge in [0.2, 0.25) is 0 Å². The molecule has 0 amide bonds. The van der Waals surface area contributed by atoms with Crippen molar-refractivity contribution < 1.29 is 9.84 Å². The Morgan fingerprint density at radius 1 is 0.914 bits per heavy atom. The zero-order valence-electron chi connectivity index (χ0n) is 20.4. The lowest BCUT2D eigenvalue weighted by Gasteiger charge is -2.35. The minimum atomic E-state index is -0.507. The van der Waals surface area contributed by atoms with E-state index in [4.69, 9.17) is 9.72 Å². The average Bonchev–Trinajstić information content (AvgIpc) is 3.34. The van der Waals surface area contributed by atoms with Crippen molar-refractivity contribution in [3.05, 3.63) is 90.3 Å². The third-order valence-electron chi connectivity index (χ3n) is 6.76. The van der Waals surface area contributed by atoms with Crippen LogP contribution >= 0.6 is 0 Å². The first-order valence-electron chi connectivity index (χ1n) is 12.5. The summed E-state index contributed by atoms with van der Waals surface area (Å²) in [5, 5.41) is 10.5. The van der Waals surface area contributed by atoms with E-state index >= 15 is 0 Å². The van der Waals surface area contributed by atoms with Crippen LogP contribution in [0.1, 0.15) is 11.1 Å². The normalized spacial score (nSPS) is 15.9. The van der Waals surface area contributed by atoms with E-state index < -0.39 is 6.10 Å². The summed E-state index contributed by atoms with van der Waals surface area (Å²) < 4.78 is 7.92. The van der Waals surface area contributed by atoms with Crippen molar-refractivity contribution in [1.29, 1.82) is 0 Å². The lowest BCUT2D eigenvalue weighted by Crippen LogP contribution is -2.49. The molecule has 1 unspecified atom stereocenters. The second kappa shape index (κ2) is 11.0. The standard InChI is InChI=1S/C29H34N4O2/c1-23-6-5-14-33-21-28(30-29(23)33)25-9-11-27(12-10-25)35-22-26(34)20-32-18-16-31(17-19-32)15-13-24-7-3-2-4-8-24/h2-12,14,21,26,34H,13,15-20,22H2,1H3. The molecule has 1 aliphatic rings. The molecule has 1 aliphatic heterocycles. The number of imidazole rings is 1. The molecule has 0 aliphatic carbocycles. The Balaban J connectivity index is 1.05. The van der Waals surface area contributed by atoms with Crippen LogP contribution < -0.4 is 4.74 Å². The van der Waals surface area contributed by atoms with Gasteiger partial charge in [0, 0.05) is 57.2 Å². The lowest BCUT2D eigenvalue weighted by atomic mass is 10.1. The number of ether oxygens (including phenoxy) is 1. The quantitative estimate of drug-likeness (QED) is 0.402. The van der Waals surface area contributed by atoms with E-state index in [9.17, 15) is 5.11 Å². The Bertz CT molecular complexity index is 1210. The number of aryl methyl sites for hydroxylation is 1. The Morgan fingerprint density at radius 3 is 2.40 bits per heavy atom. The summed E-state index contributed by atoms with van der Waals surface area (Å²) in [7, 11) is 0. The number of hydrogen-bond acceptors (Lipinski definition) is 5. The number of hydrogen-bond donors (Lipinski definition) is 1. The van der Waals surface area contributed by atoms with Gasteiger partial charge in [0.25, 0.3) is 0 Å². The number of benzene rings is 2. The van der Waals surface area contributed by atoms with Crippen molar-refractivity contribution in [1.82, 2.24) is 19.2 Å². The van der Waals surface area contributed by atoms with Crippen molar-refractivity contribution in [2.75, 3.05) is 45.9 Å². The smallest absolute Gasteiger partial charge is 0.140 e. The number of pyridine rings is 1. The van der Waals surface area contributed by atoms with E-state index in [0.29, 0.717) is 13.2 Å². The summed E-state index contributed by atoms with van der Waals surface area (Å²) in [5.41, 5.74) is 5.51. The minimum absolute atomic E-state index is 0.293. The summed E-state index contributed by atoms with van der Waals surface area (Å²) >= 11 is 0. The molecular weight excluding hydrogens is 436 g/mol. The molecule has 0 bridgehead atoms. The molecule has 6 heteroatoms. The van der Waals surface area contributed by atoms with Gasteiger partial charge >= 0.3 is 0 Å². The van der Waals surface area contributed by atoms with Crippen molar-refractivity contribution in [2.24, 2.45) is 0 Å². The maximum absolute atomic E-state index is 10.5. The van der Waals surface area contributed by atoms with E-state index in [0.717, 1.165) is 67.4 Å². The Morgan fingerprint density at radius 2 is 1.66 bits per heavy atom. The third kappa shape index (κ3) is 6.09. The van der Waals surface area contributed by atoms with Crippen LogP contribution in [0.15, 0.2) is 79.1 Å². The summed E-state index contributed by atoms with van der Waals surface area (Å²) in [6, 6.07) is 22.7. The summed E-state index contributed by atoms with van der Waals surface area (Å²) in [6.45, 7) is 8.16. The molecule has 0 spiro atoms. The van der Waals surface area contributed by atoms with Crippen LogP contribution in [0.4, 0.5) is 0 Å². The molecule has 1 saturated heterocycles. The monoisotopic (exact) mass is 470 g/mol. The SMILES string of the molecule is Cc1cccn2cc(-c3ccc(OCC(O)CN4CCN(CCc5ccccc5)CC4)cc3)nc12. The van der Waals surface area contributed by atoms with E-state index in [-0.39, 0.29) is 0 Å². The van der Waals surface area contributed by atoms with Gasteiger partial charge in [-0.25, -0.2) is 4.98 Å². The van der Waals surface area contributed by atoms with Crippen LogP contribution in [0.5, 0.6) is 5.75 Å².